The molecule has 128 valence electrons. The number of benzene rings is 1. The number of anilines is 1. The van der Waals surface area contributed by atoms with Gasteiger partial charge in [-0.05, 0) is 37.8 Å². The second-order valence-corrected chi connectivity index (χ2v) is 7.88. The van der Waals surface area contributed by atoms with Gasteiger partial charge >= 0.3 is 0 Å². The summed E-state index contributed by atoms with van der Waals surface area (Å²) in [5.74, 6) is 0.972. The second-order valence-electron chi connectivity index (χ2n) is 6.49. The molecule has 5 nitrogen and oxygen atoms in total. The predicted octanol–water partition coefficient (Wildman–Crippen LogP) is 3.45. The molecule has 2 heterocycles. The SMILES string of the molecule is COc1ccc(Cl)c2sc(N3CCCC(C(=O)NC4CC4)C3)nc12. The number of halogens is 1. The highest BCUT2D eigenvalue weighted by molar-refractivity contribution is 7.22. The Bertz CT molecular complexity index is 775. The van der Waals surface area contributed by atoms with Crippen LogP contribution in [0.5, 0.6) is 5.75 Å². The molecule has 1 aromatic carbocycles. The molecular weight excluding hydrogens is 346 g/mol. The van der Waals surface area contributed by atoms with E-state index in [2.05, 4.69) is 10.2 Å². The van der Waals surface area contributed by atoms with Gasteiger partial charge in [-0.3, -0.25) is 4.79 Å². The quantitative estimate of drug-likeness (QED) is 0.901. The molecule has 1 N–H and O–H groups in total. The van der Waals surface area contributed by atoms with Gasteiger partial charge in [0, 0.05) is 19.1 Å². The van der Waals surface area contributed by atoms with Crippen LogP contribution in [0.2, 0.25) is 5.02 Å². The van der Waals surface area contributed by atoms with Crippen molar-refractivity contribution in [2.24, 2.45) is 5.92 Å². The third-order valence-electron chi connectivity index (χ3n) is 4.65. The molecule has 1 aliphatic carbocycles. The van der Waals surface area contributed by atoms with Crippen molar-refractivity contribution >= 4 is 44.2 Å². The van der Waals surface area contributed by atoms with Gasteiger partial charge in [0.2, 0.25) is 5.91 Å². The van der Waals surface area contributed by atoms with Crippen molar-refractivity contribution in [3.05, 3.63) is 17.2 Å². The third-order valence-corrected chi connectivity index (χ3v) is 6.23. The Morgan fingerprint density at radius 3 is 3.00 bits per heavy atom. The van der Waals surface area contributed by atoms with Crippen LogP contribution in [0.15, 0.2) is 12.1 Å². The molecule has 1 unspecified atom stereocenters. The maximum atomic E-state index is 12.4. The molecule has 4 rings (SSSR count). The van der Waals surface area contributed by atoms with Crippen molar-refractivity contribution in [1.29, 1.82) is 0 Å². The number of nitrogens with one attached hydrogen (secondary N) is 1. The highest BCUT2D eigenvalue weighted by Crippen LogP contribution is 2.39. The van der Waals surface area contributed by atoms with Crippen LogP contribution in [-0.2, 0) is 4.79 Å². The number of piperidine rings is 1. The number of aromatic nitrogens is 1. The number of carbonyl (C=O) groups is 1. The monoisotopic (exact) mass is 365 g/mol. The van der Waals surface area contributed by atoms with Crippen LogP contribution in [0.4, 0.5) is 5.13 Å². The molecule has 2 aliphatic rings. The minimum atomic E-state index is 0.0451. The molecule has 1 atom stereocenters. The number of methoxy groups -OCH3 is 1. The van der Waals surface area contributed by atoms with E-state index in [4.69, 9.17) is 21.3 Å². The summed E-state index contributed by atoms with van der Waals surface area (Å²) >= 11 is 7.88. The average Bonchev–Trinajstić information content (AvgIpc) is 3.29. The summed E-state index contributed by atoms with van der Waals surface area (Å²) in [5, 5.41) is 4.73. The van der Waals surface area contributed by atoms with Crippen molar-refractivity contribution in [2.45, 2.75) is 31.7 Å². The summed E-state index contributed by atoms with van der Waals surface area (Å²) in [6, 6.07) is 4.10. The van der Waals surface area contributed by atoms with Crippen molar-refractivity contribution < 1.29 is 9.53 Å². The van der Waals surface area contributed by atoms with Crippen molar-refractivity contribution in [1.82, 2.24) is 10.3 Å². The predicted molar refractivity (Wildman–Crippen MR) is 97.3 cm³/mol. The fourth-order valence-corrected chi connectivity index (χ4v) is 4.44. The highest BCUT2D eigenvalue weighted by Gasteiger charge is 2.31. The lowest BCUT2D eigenvalue weighted by Crippen LogP contribution is -2.43. The zero-order valence-electron chi connectivity index (χ0n) is 13.5. The molecule has 0 radical (unpaired) electrons. The lowest BCUT2D eigenvalue weighted by Gasteiger charge is -2.31. The Labute approximate surface area is 149 Å². The number of carbonyl (C=O) groups excluding carboxylic acids is 1. The number of ether oxygens (including phenoxy) is 1. The lowest BCUT2D eigenvalue weighted by atomic mass is 9.97. The second kappa shape index (κ2) is 6.41. The van der Waals surface area contributed by atoms with Crippen molar-refractivity contribution in [2.75, 3.05) is 25.1 Å². The summed E-state index contributed by atoms with van der Waals surface area (Å²) < 4.78 is 6.34. The minimum absolute atomic E-state index is 0.0451. The Morgan fingerprint density at radius 2 is 2.25 bits per heavy atom. The lowest BCUT2D eigenvalue weighted by molar-refractivity contribution is -0.125. The van der Waals surface area contributed by atoms with Crippen LogP contribution in [-0.4, -0.2) is 37.1 Å². The first-order valence-corrected chi connectivity index (χ1v) is 9.53. The first kappa shape index (κ1) is 16.0. The first-order chi connectivity index (χ1) is 11.7. The summed E-state index contributed by atoms with van der Waals surface area (Å²) in [4.78, 5) is 19.3. The van der Waals surface area contributed by atoms with Crippen LogP contribution in [0.1, 0.15) is 25.7 Å². The van der Waals surface area contributed by atoms with Gasteiger partial charge in [0.15, 0.2) is 5.13 Å². The van der Waals surface area contributed by atoms with E-state index in [1.165, 1.54) is 0 Å². The van der Waals surface area contributed by atoms with Gasteiger partial charge in [0.25, 0.3) is 0 Å². The first-order valence-electron chi connectivity index (χ1n) is 8.34. The Balaban J connectivity index is 1.57. The van der Waals surface area contributed by atoms with Crippen LogP contribution < -0.4 is 15.0 Å². The normalized spacial score (nSPS) is 21.1. The van der Waals surface area contributed by atoms with Crippen molar-refractivity contribution in [3.8, 4) is 5.75 Å². The Morgan fingerprint density at radius 1 is 1.42 bits per heavy atom. The molecule has 1 aromatic heterocycles. The summed E-state index contributed by atoms with van der Waals surface area (Å²) in [7, 11) is 1.64. The number of amides is 1. The zero-order chi connectivity index (χ0) is 16.7. The largest absolute Gasteiger partial charge is 0.494 e. The molecule has 7 heteroatoms. The van der Waals surface area contributed by atoms with Gasteiger partial charge in [-0.15, -0.1) is 0 Å². The molecule has 1 aliphatic heterocycles. The highest BCUT2D eigenvalue weighted by atomic mass is 35.5. The van der Waals surface area contributed by atoms with E-state index < -0.39 is 0 Å². The molecule has 1 amide bonds. The molecular formula is C17H20ClN3O2S. The summed E-state index contributed by atoms with van der Waals surface area (Å²) in [5.41, 5.74) is 0.801. The average molecular weight is 366 g/mol. The van der Waals surface area contributed by atoms with E-state index in [9.17, 15) is 4.79 Å². The minimum Gasteiger partial charge on any atom is -0.494 e. The van der Waals surface area contributed by atoms with Gasteiger partial charge in [-0.1, -0.05) is 22.9 Å². The van der Waals surface area contributed by atoms with Gasteiger partial charge in [0.05, 0.1) is 22.8 Å². The van der Waals surface area contributed by atoms with Gasteiger partial charge in [-0.25, -0.2) is 4.98 Å². The smallest absolute Gasteiger partial charge is 0.225 e. The molecule has 2 fully saturated rings. The van der Waals surface area contributed by atoms with Crippen LogP contribution in [0, 0.1) is 5.92 Å². The maximum Gasteiger partial charge on any atom is 0.225 e. The topological polar surface area (TPSA) is 54.5 Å². The van der Waals surface area contributed by atoms with E-state index in [1.807, 2.05) is 12.1 Å². The van der Waals surface area contributed by atoms with E-state index >= 15 is 0 Å². The number of nitrogens with zero attached hydrogens (tertiary/aromatic N) is 2. The van der Waals surface area contributed by atoms with Crippen LogP contribution in [0.3, 0.4) is 0 Å². The summed E-state index contributed by atoms with van der Waals surface area (Å²) in [6.45, 7) is 1.64. The zero-order valence-corrected chi connectivity index (χ0v) is 15.1. The number of hydrogen-bond donors (Lipinski definition) is 1. The number of hydrogen-bond acceptors (Lipinski definition) is 5. The number of rotatable bonds is 4. The van der Waals surface area contributed by atoms with Gasteiger partial charge in [-0.2, -0.15) is 0 Å². The van der Waals surface area contributed by atoms with E-state index in [1.54, 1.807) is 18.4 Å². The molecule has 0 bridgehead atoms. The van der Waals surface area contributed by atoms with E-state index in [0.29, 0.717) is 11.1 Å². The van der Waals surface area contributed by atoms with E-state index in [-0.39, 0.29) is 11.8 Å². The Kier molecular flexibility index (Phi) is 4.26. The van der Waals surface area contributed by atoms with Crippen LogP contribution in [0.25, 0.3) is 10.2 Å². The van der Waals surface area contributed by atoms with Gasteiger partial charge < -0.3 is 15.0 Å². The van der Waals surface area contributed by atoms with E-state index in [0.717, 1.165) is 59.9 Å². The van der Waals surface area contributed by atoms with Gasteiger partial charge in [0.1, 0.15) is 11.3 Å². The number of thiazole rings is 1. The molecule has 0 spiro atoms. The molecule has 2 aromatic rings. The number of fused-ring (bicyclic) bond motifs is 1. The molecule has 1 saturated heterocycles. The Hall–Kier alpha value is -1.53. The standard InChI is InChI=1S/C17H20ClN3O2S/c1-23-13-7-6-12(18)15-14(13)20-17(24-15)21-8-2-3-10(9-21)16(22)19-11-4-5-11/h6-7,10-11H,2-5,8-9H2,1H3,(H,19,22). The fraction of sp³-hybridized carbons (Fsp3) is 0.529. The maximum absolute atomic E-state index is 12.4. The van der Waals surface area contributed by atoms with Crippen molar-refractivity contribution in [3.63, 3.8) is 0 Å². The third kappa shape index (κ3) is 3.05. The molecule has 1 saturated carbocycles. The molecule has 24 heavy (non-hydrogen) atoms. The fourth-order valence-electron chi connectivity index (χ4n) is 3.15. The summed E-state index contributed by atoms with van der Waals surface area (Å²) in [6.07, 6.45) is 4.20. The van der Waals surface area contributed by atoms with Crippen LogP contribution >= 0.6 is 22.9 Å².